The van der Waals surface area contributed by atoms with E-state index >= 15 is 0 Å². The number of aliphatic hydroxyl groups excluding tert-OH is 1. The maximum Gasteiger partial charge on any atom is 0.123 e. The second-order valence-corrected chi connectivity index (χ2v) is 3.14. The summed E-state index contributed by atoms with van der Waals surface area (Å²) in [6, 6.07) is 4.61. The molecule has 0 amide bonds. The molecule has 1 aromatic carbocycles. The number of benzene rings is 1. The summed E-state index contributed by atoms with van der Waals surface area (Å²) in [6.45, 7) is 0.0459. The van der Waals surface area contributed by atoms with E-state index in [1.54, 1.807) is 6.07 Å². The topological polar surface area (TPSA) is 23.5 Å². The van der Waals surface area contributed by atoms with E-state index in [0.717, 1.165) is 11.3 Å². The molecule has 0 aromatic heterocycles. The van der Waals surface area contributed by atoms with Crippen molar-refractivity contribution in [3.8, 4) is 0 Å². The first-order chi connectivity index (χ1) is 6.15. The van der Waals surface area contributed by atoms with E-state index < -0.39 is 0 Å². The van der Waals surface area contributed by atoms with Crippen LogP contribution in [0.4, 0.5) is 10.1 Å². The Kier molecular flexibility index (Phi) is 3.25. The highest BCUT2D eigenvalue weighted by Gasteiger charge is 2.04. The largest absolute Gasteiger partial charge is 0.396 e. The normalized spacial score (nSPS) is 10.2. The molecule has 1 rings (SSSR count). The van der Waals surface area contributed by atoms with Crippen LogP contribution in [0.5, 0.6) is 0 Å². The highest BCUT2D eigenvalue weighted by Crippen LogP contribution is 2.19. The van der Waals surface area contributed by atoms with Crippen molar-refractivity contribution >= 4 is 5.69 Å². The monoisotopic (exact) mass is 183 g/mol. The predicted molar refractivity (Wildman–Crippen MR) is 51.5 cm³/mol. The second-order valence-electron chi connectivity index (χ2n) is 3.14. The van der Waals surface area contributed by atoms with Crippen LogP contribution in [-0.4, -0.2) is 25.8 Å². The summed E-state index contributed by atoms with van der Waals surface area (Å²) >= 11 is 0. The number of aliphatic hydroxyl groups is 1. The lowest BCUT2D eigenvalue weighted by atomic mass is 10.1. The van der Waals surface area contributed by atoms with Gasteiger partial charge in [0.25, 0.3) is 0 Å². The van der Waals surface area contributed by atoms with Crippen LogP contribution in [0, 0.1) is 5.82 Å². The minimum atomic E-state index is -0.256. The highest BCUT2D eigenvalue weighted by atomic mass is 19.1. The summed E-state index contributed by atoms with van der Waals surface area (Å²) in [5, 5.41) is 8.78. The van der Waals surface area contributed by atoms with Gasteiger partial charge in [-0.25, -0.2) is 4.39 Å². The summed E-state index contributed by atoms with van der Waals surface area (Å²) in [5.41, 5.74) is 1.79. The number of nitrogens with zero attached hydrogens (tertiary/aromatic N) is 1. The zero-order chi connectivity index (χ0) is 9.84. The molecule has 0 unspecified atom stereocenters. The Balaban J connectivity index is 3.03. The number of anilines is 1. The van der Waals surface area contributed by atoms with Crippen LogP contribution < -0.4 is 4.90 Å². The smallest absolute Gasteiger partial charge is 0.123 e. The van der Waals surface area contributed by atoms with Gasteiger partial charge in [-0.05, 0) is 30.2 Å². The summed E-state index contributed by atoms with van der Waals surface area (Å²) < 4.78 is 12.8. The minimum absolute atomic E-state index is 0.0459. The molecule has 0 radical (unpaired) electrons. The lowest BCUT2D eigenvalue weighted by Gasteiger charge is -2.16. The molecule has 0 saturated carbocycles. The molecule has 0 heterocycles. The van der Waals surface area contributed by atoms with E-state index in [0.29, 0.717) is 6.42 Å². The maximum atomic E-state index is 12.8. The fraction of sp³-hybridized carbons (Fsp3) is 0.400. The van der Waals surface area contributed by atoms with Crippen molar-refractivity contribution in [2.24, 2.45) is 0 Å². The molecule has 0 aliphatic heterocycles. The molecular formula is C10H14FNO. The van der Waals surface area contributed by atoms with Crippen LogP contribution in [0.3, 0.4) is 0 Å². The zero-order valence-electron chi connectivity index (χ0n) is 7.92. The van der Waals surface area contributed by atoms with E-state index in [-0.39, 0.29) is 12.4 Å². The Bertz CT molecular complexity index is 286. The van der Waals surface area contributed by atoms with Crippen molar-refractivity contribution in [2.45, 2.75) is 6.42 Å². The molecule has 13 heavy (non-hydrogen) atoms. The molecule has 0 aliphatic rings. The van der Waals surface area contributed by atoms with Gasteiger partial charge in [0.15, 0.2) is 0 Å². The molecule has 1 N–H and O–H groups in total. The summed E-state index contributed by atoms with van der Waals surface area (Å²) in [5.74, 6) is -0.256. The van der Waals surface area contributed by atoms with Gasteiger partial charge in [0.1, 0.15) is 5.82 Å². The van der Waals surface area contributed by atoms with Gasteiger partial charge in [-0.15, -0.1) is 0 Å². The molecule has 0 spiro atoms. The second kappa shape index (κ2) is 4.23. The molecule has 2 nitrogen and oxygen atoms in total. The van der Waals surface area contributed by atoms with Crippen molar-refractivity contribution < 1.29 is 9.50 Å². The third kappa shape index (κ3) is 2.42. The SMILES string of the molecule is CN(C)c1ccc(F)cc1CCO. The lowest BCUT2D eigenvalue weighted by Crippen LogP contribution is -2.12. The van der Waals surface area contributed by atoms with E-state index in [4.69, 9.17) is 5.11 Å². The fourth-order valence-corrected chi connectivity index (χ4v) is 1.31. The van der Waals surface area contributed by atoms with Crippen LogP contribution in [-0.2, 0) is 6.42 Å². The lowest BCUT2D eigenvalue weighted by molar-refractivity contribution is 0.299. The average Bonchev–Trinajstić information content (AvgIpc) is 2.04. The average molecular weight is 183 g/mol. The van der Waals surface area contributed by atoms with Crippen molar-refractivity contribution in [1.29, 1.82) is 0 Å². The first-order valence-corrected chi connectivity index (χ1v) is 4.21. The number of hydrogen-bond acceptors (Lipinski definition) is 2. The van der Waals surface area contributed by atoms with Gasteiger partial charge in [-0.2, -0.15) is 0 Å². The number of halogens is 1. The first kappa shape index (κ1) is 9.99. The van der Waals surface area contributed by atoms with E-state index in [1.165, 1.54) is 12.1 Å². The molecule has 72 valence electrons. The molecule has 0 atom stereocenters. The van der Waals surface area contributed by atoms with E-state index in [2.05, 4.69) is 0 Å². The Morgan fingerprint density at radius 3 is 2.62 bits per heavy atom. The van der Waals surface area contributed by atoms with Crippen LogP contribution >= 0.6 is 0 Å². The third-order valence-corrected chi connectivity index (χ3v) is 1.90. The van der Waals surface area contributed by atoms with Crippen molar-refractivity contribution in [2.75, 3.05) is 25.6 Å². The Morgan fingerprint density at radius 2 is 2.08 bits per heavy atom. The van der Waals surface area contributed by atoms with Gasteiger partial charge in [0.2, 0.25) is 0 Å². The van der Waals surface area contributed by atoms with Crippen molar-refractivity contribution in [1.82, 2.24) is 0 Å². The van der Waals surface area contributed by atoms with Crippen LogP contribution in [0.15, 0.2) is 18.2 Å². The molecule has 0 bridgehead atoms. The molecule has 3 heteroatoms. The Labute approximate surface area is 77.6 Å². The molecule has 0 aliphatic carbocycles. The van der Waals surface area contributed by atoms with Gasteiger partial charge in [-0.1, -0.05) is 0 Å². The number of rotatable bonds is 3. The molecule has 0 saturated heterocycles. The van der Waals surface area contributed by atoms with Gasteiger partial charge in [0, 0.05) is 26.4 Å². The third-order valence-electron chi connectivity index (χ3n) is 1.90. The number of hydrogen-bond donors (Lipinski definition) is 1. The molecule has 0 fully saturated rings. The van der Waals surface area contributed by atoms with Gasteiger partial charge in [0.05, 0.1) is 0 Å². The summed E-state index contributed by atoms with van der Waals surface area (Å²) in [7, 11) is 3.79. The van der Waals surface area contributed by atoms with Crippen LogP contribution in [0.1, 0.15) is 5.56 Å². The Morgan fingerprint density at radius 1 is 1.38 bits per heavy atom. The van der Waals surface area contributed by atoms with Crippen molar-refractivity contribution in [3.05, 3.63) is 29.6 Å². The standard InChI is InChI=1S/C10H14FNO/c1-12(2)10-4-3-9(11)7-8(10)5-6-13/h3-4,7,13H,5-6H2,1-2H3. The summed E-state index contributed by atoms with van der Waals surface area (Å²) in [6.07, 6.45) is 0.491. The predicted octanol–water partition coefficient (Wildman–Crippen LogP) is 1.43. The van der Waals surface area contributed by atoms with Gasteiger partial charge >= 0.3 is 0 Å². The van der Waals surface area contributed by atoms with Crippen molar-refractivity contribution in [3.63, 3.8) is 0 Å². The fourth-order valence-electron chi connectivity index (χ4n) is 1.31. The van der Waals surface area contributed by atoms with Crippen LogP contribution in [0.2, 0.25) is 0 Å². The minimum Gasteiger partial charge on any atom is -0.396 e. The zero-order valence-corrected chi connectivity index (χ0v) is 7.92. The van der Waals surface area contributed by atoms with Gasteiger partial charge in [-0.3, -0.25) is 0 Å². The first-order valence-electron chi connectivity index (χ1n) is 4.21. The van der Waals surface area contributed by atoms with Gasteiger partial charge < -0.3 is 10.0 Å². The van der Waals surface area contributed by atoms with E-state index in [9.17, 15) is 4.39 Å². The molecule has 1 aromatic rings. The Hall–Kier alpha value is -1.09. The highest BCUT2D eigenvalue weighted by molar-refractivity contribution is 5.52. The quantitative estimate of drug-likeness (QED) is 0.766. The maximum absolute atomic E-state index is 12.8. The van der Waals surface area contributed by atoms with E-state index in [1.807, 2.05) is 19.0 Å². The molecular weight excluding hydrogens is 169 g/mol. The van der Waals surface area contributed by atoms with Crippen LogP contribution in [0.25, 0.3) is 0 Å². The summed E-state index contributed by atoms with van der Waals surface area (Å²) in [4.78, 5) is 1.91.